The van der Waals surface area contributed by atoms with Crippen molar-refractivity contribution in [1.82, 2.24) is 24.9 Å². The number of urea groups is 1. The number of phenolic OH excluding ortho intramolecular Hbond substituents is 1. The average Bonchev–Trinajstić information content (AvgIpc) is 3.31. The molecule has 1 atom stereocenters. The van der Waals surface area contributed by atoms with E-state index in [2.05, 4.69) is 52.4 Å². The van der Waals surface area contributed by atoms with E-state index in [4.69, 9.17) is 4.74 Å². The van der Waals surface area contributed by atoms with Crippen LogP contribution in [-0.2, 0) is 17.6 Å². The monoisotopic (exact) mass is 812 g/mol. The van der Waals surface area contributed by atoms with E-state index in [1.165, 1.54) is 19.3 Å². The maximum absolute atomic E-state index is 14.3. The maximum atomic E-state index is 14.3. The Bertz CT molecular complexity index is 1590. The molecular formula is C36H46Br2N8O4. The Hall–Kier alpha value is -3.54. The summed E-state index contributed by atoms with van der Waals surface area (Å²) in [5.74, 6) is 1.20. The van der Waals surface area contributed by atoms with Gasteiger partial charge in [-0.2, -0.15) is 5.26 Å². The Morgan fingerprint density at radius 3 is 2.32 bits per heavy atom. The molecule has 0 bridgehead atoms. The number of hydrogen-bond donors (Lipinski definition) is 3. The van der Waals surface area contributed by atoms with Crippen LogP contribution in [0, 0.1) is 11.5 Å². The van der Waals surface area contributed by atoms with Gasteiger partial charge in [0.25, 0.3) is 0 Å². The Labute approximate surface area is 311 Å². The number of carbonyl (C=O) groups excluding carboxylic acids is 2. The molecule has 3 fully saturated rings. The standard InChI is InChI=1S/C36H46Br2N8O4/c1-50-28-5-6-31-25(22-28)7-18-46(36(49)42-31)27-10-16-45(17-11-27)35(40-23-39)41-32(21-24-19-29(37)33(47)30(38)20-24)34(48)44-14-8-26(9-15-44)43-12-3-2-4-13-43/h5-6,19-20,22,26-27,32,47H,2-4,7-18,21H2,1H3,(H,40,41)(H,42,49)/t32-/m1/s1. The highest BCUT2D eigenvalue weighted by Crippen LogP contribution is 2.34. The fourth-order valence-electron chi connectivity index (χ4n) is 7.82. The third-order valence-electron chi connectivity index (χ3n) is 10.6. The van der Waals surface area contributed by atoms with Crippen LogP contribution in [0.3, 0.4) is 0 Å². The maximum Gasteiger partial charge on any atom is 0.322 e. The van der Waals surface area contributed by atoms with Gasteiger partial charge >= 0.3 is 6.03 Å². The molecule has 0 radical (unpaired) electrons. The predicted molar refractivity (Wildman–Crippen MR) is 199 cm³/mol. The van der Waals surface area contributed by atoms with Crippen LogP contribution in [0.4, 0.5) is 10.5 Å². The molecule has 6 rings (SSSR count). The van der Waals surface area contributed by atoms with E-state index in [-0.39, 0.29) is 23.7 Å². The van der Waals surface area contributed by atoms with E-state index in [0.29, 0.717) is 72.9 Å². The lowest BCUT2D eigenvalue weighted by Crippen LogP contribution is -2.58. The molecule has 14 heteroatoms. The molecule has 3 saturated heterocycles. The van der Waals surface area contributed by atoms with Gasteiger partial charge in [-0.1, -0.05) is 6.42 Å². The molecule has 0 aliphatic carbocycles. The number of aromatic hydroxyl groups is 1. The number of aliphatic imine (C=N–C) groups is 1. The quantitative estimate of drug-likeness (QED) is 0.195. The highest BCUT2D eigenvalue weighted by atomic mass is 79.9. The number of carbonyl (C=O) groups is 2. The summed E-state index contributed by atoms with van der Waals surface area (Å²) in [5, 5.41) is 26.5. The first-order chi connectivity index (χ1) is 24.2. The number of likely N-dealkylation sites (tertiary alicyclic amines) is 3. The van der Waals surface area contributed by atoms with Crippen molar-refractivity contribution in [3.05, 3.63) is 50.4 Å². The second kappa shape index (κ2) is 16.7. The number of benzene rings is 2. The van der Waals surface area contributed by atoms with Crippen LogP contribution in [0.1, 0.15) is 56.1 Å². The fraction of sp³-hybridized carbons (Fsp3) is 0.556. The Morgan fingerprint density at radius 1 is 1.00 bits per heavy atom. The normalized spacial score (nSPS) is 20.4. The third-order valence-corrected chi connectivity index (χ3v) is 11.8. The number of guanidine groups is 1. The van der Waals surface area contributed by atoms with Crippen molar-refractivity contribution in [3.8, 4) is 17.7 Å². The van der Waals surface area contributed by atoms with Crippen molar-refractivity contribution in [3.63, 3.8) is 0 Å². The number of nitriles is 1. The van der Waals surface area contributed by atoms with Crippen molar-refractivity contribution < 1.29 is 19.4 Å². The van der Waals surface area contributed by atoms with Gasteiger partial charge in [-0.25, -0.2) is 4.79 Å². The number of nitrogens with zero attached hydrogens (tertiary/aromatic N) is 6. The molecule has 268 valence electrons. The lowest BCUT2D eigenvalue weighted by molar-refractivity contribution is -0.134. The fourth-order valence-corrected chi connectivity index (χ4v) is 9.10. The number of fused-ring (bicyclic) bond motifs is 1. The van der Waals surface area contributed by atoms with Gasteiger partial charge in [0.05, 0.1) is 16.1 Å². The summed E-state index contributed by atoms with van der Waals surface area (Å²) in [5.41, 5.74) is 2.70. The molecule has 0 aromatic heterocycles. The van der Waals surface area contributed by atoms with Crippen LogP contribution in [-0.4, -0.2) is 114 Å². The minimum Gasteiger partial charge on any atom is -0.506 e. The molecule has 50 heavy (non-hydrogen) atoms. The van der Waals surface area contributed by atoms with Crippen LogP contribution >= 0.6 is 31.9 Å². The first-order valence-electron chi connectivity index (χ1n) is 17.7. The minimum atomic E-state index is -0.679. The van der Waals surface area contributed by atoms with Crippen LogP contribution in [0.5, 0.6) is 11.5 Å². The van der Waals surface area contributed by atoms with Gasteiger partial charge in [0.15, 0.2) is 0 Å². The lowest BCUT2D eigenvalue weighted by atomic mass is 9.98. The number of ether oxygens (including phenoxy) is 1. The third kappa shape index (κ3) is 8.49. The summed E-state index contributed by atoms with van der Waals surface area (Å²) in [4.78, 5) is 40.2. The average molecular weight is 815 g/mol. The summed E-state index contributed by atoms with van der Waals surface area (Å²) in [7, 11) is 1.64. The van der Waals surface area contributed by atoms with Gasteiger partial charge in [-0.05, 0) is 131 Å². The Balaban J connectivity index is 1.13. The number of anilines is 1. The smallest absolute Gasteiger partial charge is 0.322 e. The van der Waals surface area contributed by atoms with Crippen LogP contribution in [0.2, 0.25) is 0 Å². The molecule has 2 aromatic carbocycles. The van der Waals surface area contributed by atoms with Crippen molar-refractivity contribution in [2.75, 3.05) is 58.2 Å². The molecule has 0 spiro atoms. The number of rotatable bonds is 7. The number of hydrogen-bond acceptors (Lipinski definition) is 7. The first-order valence-corrected chi connectivity index (χ1v) is 19.2. The number of methoxy groups -OCH3 is 1. The van der Waals surface area contributed by atoms with Gasteiger partial charge in [0.1, 0.15) is 17.5 Å². The SMILES string of the molecule is COc1ccc2c(c1)CCN(C1CCN(C(=NC#N)N[C@H](Cc3cc(Br)c(O)c(Br)c3)C(=O)N3CCC(N4CCCCC4)CC3)CC1)C(=O)N2. The van der Waals surface area contributed by atoms with Crippen LogP contribution in [0.15, 0.2) is 44.3 Å². The molecule has 3 amide bonds. The summed E-state index contributed by atoms with van der Waals surface area (Å²) in [6, 6.07) is 9.09. The molecule has 2 aromatic rings. The molecule has 12 nitrogen and oxygen atoms in total. The number of nitrogens with one attached hydrogen (secondary N) is 2. The molecule has 4 aliphatic heterocycles. The highest BCUT2D eigenvalue weighted by Gasteiger charge is 2.35. The van der Waals surface area contributed by atoms with E-state index in [0.717, 1.165) is 54.9 Å². The molecule has 4 heterocycles. The van der Waals surface area contributed by atoms with E-state index < -0.39 is 6.04 Å². The Morgan fingerprint density at radius 2 is 1.66 bits per heavy atom. The zero-order chi connectivity index (χ0) is 35.2. The zero-order valence-electron chi connectivity index (χ0n) is 28.5. The van der Waals surface area contributed by atoms with Crippen molar-refractivity contribution in [2.45, 2.75) is 75.9 Å². The largest absolute Gasteiger partial charge is 0.506 e. The second-order valence-corrected chi connectivity index (χ2v) is 15.3. The van der Waals surface area contributed by atoms with Gasteiger partial charge in [0.2, 0.25) is 18.1 Å². The summed E-state index contributed by atoms with van der Waals surface area (Å²) >= 11 is 6.86. The topological polar surface area (TPSA) is 137 Å². The number of piperidine rings is 3. The summed E-state index contributed by atoms with van der Waals surface area (Å²) in [6.45, 7) is 5.39. The minimum absolute atomic E-state index is 0.0242. The zero-order valence-corrected chi connectivity index (χ0v) is 31.7. The second-order valence-electron chi connectivity index (χ2n) is 13.6. The number of phenols is 1. The van der Waals surface area contributed by atoms with E-state index >= 15 is 0 Å². The van der Waals surface area contributed by atoms with E-state index in [1.807, 2.05) is 51.2 Å². The predicted octanol–water partition coefficient (Wildman–Crippen LogP) is 5.30. The van der Waals surface area contributed by atoms with Gasteiger partial charge in [0, 0.05) is 56.9 Å². The number of halogens is 2. The molecule has 0 saturated carbocycles. The molecule has 3 N–H and O–H groups in total. The molecule has 0 unspecified atom stereocenters. The summed E-state index contributed by atoms with van der Waals surface area (Å²) in [6.07, 6.45) is 10.1. The van der Waals surface area contributed by atoms with Gasteiger partial charge in [-0.3, -0.25) is 4.79 Å². The molecular weight excluding hydrogens is 768 g/mol. The van der Waals surface area contributed by atoms with Crippen LogP contribution in [0.25, 0.3) is 0 Å². The van der Waals surface area contributed by atoms with Crippen LogP contribution < -0.4 is 15.4 Å². The summed E-state index contributed by atoms with van der Waals surface area (Å²) < 4.78 is 6.45. The van der Waals surface area contributed by atoms with Gasteiger partial charge in [-0.15, -0.1) is 4.99 Å². The van der Waals surface area contributed by atoms with Crippen molar-refractivity contribution in [1.29, 1.82) is 5.26 Å². The Kier molecular flexibility index (Phi) is 12.1. The highest BCUT2D eigenvalue weighted by molar-refractivity contribution is 9.11. The number of amides is 3. The van der Waals surface area contributed by atoms with E-state index in [9.17, 15) is 20.0 Å². The van der Waals surface area contributed by atoms with Crippen molar-refractivity contribution >= 4 is 55.4 Å². The van der Waals surface area contributed by atoms with Gasteiger partial charge < -0.3 is 40.1 Å². The molecule has 4 aliphatic rings. The van der Waals surface area contributed by atoms with Crippen molar-refractivity contribution in [2.24, 2.45) is 4.99 Å². The lowest BCUT2D eigenvalue weighted by Gasteiger charge is -2.42. The van der Waals surface area contributed by atoms with E-state index in [1.54, 1.807) is 7.11 Å². The first kappa shape index (κ1) is 36.3.